The lowest BCUT2D eigenvalue weighted by Gasteiger charge is -2.30. The van der Waals surface area contributed by atoms with Crippen molar-refractivity contribution in [2.45, 2.75) is 19.3 Å². The molecule has 1 atom stereocenters. The van der Waals surface area contributed by atoms with E-state index in [0.29, 0.717) is 31.0 Å². The number of hydrogen-bond donors (Lipinski definition) is 3. The highest BCUT2D eigenvalue weighted by molar-refractivity contribution is 6.31. The number of nitrogens with zero attached hydrogens (tertiary/aromatic N) is 1. The van der Waals surface area contributed by atoms with E-state index in [-0.39, 0.29) is 12.6 Å². The van der Waals surface area contributed by atoms with Crippen molar-refractivity contribution in [3.05, 3.63) is 35.0 Å². The Kier molecular flexibility index (Phi) is 4.94. The van der Waals surface area contributed by atoms with Crippen LogP contribution in [0, 0.1) is 5.92 Å². The highest BCUT2D eigenvalue weighted by atomic mass is 35.5. The number of H-pyrrole nitrogens is 1. The smallest absolute Gasteiger partial charge is 0.317 e. The number of carboxylic acids is 1. The van der Waals surface area contributed by atoms with Gasteiger partial charge in [0.2, 0.25) is 0 Å². The molecule has 2 heterocycles. The quantitative estimate of drug-likeness (QED) is 0.793. The van der Waals surface area contributed by atoms with E-state index in [0.717, 1.165) is 22.9 Å². The molecule has 0 spiro atoms. The van der Waals surface area contributed by atoms with E-state index >= 15 is 0 Å². The van der Waals surface area contributed by atoms with Gasteiger partial charge in [0, 0.05) is 41.8 Å². The number of halogens is 1. The van der Waals surface area contributed by atoms with Crippen LogP contribution >= 0.6 is 11.6 Å². The van der Waals surface area contributed by atoms with Crippen LogP contribution in [0.25, 0.3) is 10.9 Å². The molecule has 6 nitrogen and oxygen atoms in total. The number of aromatic nitrogens is 1. The van der Waals surface area contributed by atoms with Gasteiger partial charge in [0.05, 0.1) is 5.92 Å². The average molecular weight is 350 g/mol. The van der Waals surface area contributed by atoms with Crippen LogP contribution in [0.15, 0.2) is 24.4 Å². The van der Waals surface area contributed by atoms with Gasteiger partial charge in [-0.15, -0.1) is 0 Å². The summed E-state index contributed by atoms with van der Waals surface area (Å²) < 4.78 is 0. The Bertz CT molecular complexity index is 759. The molecular weight excluding hydrogens is 330 g/mol. The van der Waals surface area contributed by atoms with Gasteiger partial charge in [-0.3, -0.25) is 4.79 Å². The zero-order valence-electron chi connectivity index (χ0n) is 13.2. The van der Waals surface area contributed by atoms with Gasteiger partial charge in [-0.05, 0) is 43.0 Å². The Morgan fingerprint density at radius 1 is 1.42 bits per heavy atom. The number of hydrogen-bond acceptors (Lipinski definition) is 2. The highest BCUT2D eigenvalue weighted by Gasteiger charge is 2.27. The summed E-state index contributed by atoms with van der Waals surface area (Å²) >= 11 is 6.03. The monoisotopic (exact) mass is 349 g/mol. The Hall–Kier alpha value is -2.21. The molecule has 24 heavy (non-hydrogen) atoms. The van der Waals surface area contributed by atoms with E-state index in [2.05, 4.69) is 10.3 Å². The maximum atomic E-state index is 12.2. The van der Waals surface area contributed by atoms with Crippen LogP contribution in [0.1, 0.15) is 18.4 Å². The van der Waals surface area contributed by atoms with Crippen LogP contribution in [0.2, 0.25) is 5.02 Å². The van der Waals surface area contributed by atoms with E-state index in [1.165, 1.54) is 0 Å². The van der Waals surface area contributed by atoms with E-state index in [1.807, 2.05) is 24.4 Å². The molecule has 7 heteroatoms. The number of nitrogens with one attached hydrogen (secondary N) is 2. The fourth-order valence-corrected chi connectivity index (χ4v) is 3.31. The number of carbonyl (C=O) groups excluding carboxylic acids is 1. The molecule has 1 aliphatic rings. The fourth-order valence-electron chi connectivity index (χ4n) is 3.14. The summed E-state index contributed by atoms with van der Waals surface area (Å²) in [4.78, 5) is 28.1. The Morgan fingerprint density at radius 3 is 3.04 bits per heavy atom. The first kappa shape index (κ1) is 16.6. The molecule has 1 aromatic carbocycles. The van der Waals surface area contributed by atoms with Crippen LogP contribution in [0.4, 0.5) is 4.79 Å². The second kappa shape index (κ2) is 7.13. The van der Waals surface area contributed by atoms with Crippen LogP contribution in [-0.2, 0) is 11.2 Å². The number of piperidine rings is 1. The van der Waals surface area contributed by atoms with Crippen molar-refractivity contribution >= 4 is 34.5 Å². The molecule has 3 rings (SSSR count). The van der Waals surface area contributed by atoms with E-state index in [4.69, 9.17) is 16.7 Å². The molecule has 0 aliphatic carbocycles. The lowest BCUT2D eigenvalue weighted by Crippen LogP contribution is -2.47. The number of rotatable bonds is 4. The van der Waals surface area contributed by atoms with Crippen molar-refractivity contribution < 1.29 is 14.7 Å². The maximum absolute atomic E-state index is 12.2. The summed E-state index contributed by atoms with van der Waals surface area (Å²) in [5.41, 5.74) is 2.11. The molecule has 0 radical (unpaired) electrons. The molecule has 1 aromatic heterocycles. The van der Waals surface area contributed by atoms with Gasteiger partial charge < -0.3 is 20.3 Å². The molecule has 2 aromatic rings. The number of fused-ring (bicyclic) bond motifs is 1. The van der Waals surface area contributed by atoms with Crippen molar-refractivity contribution in [3.63, 3.8) is 0 Å². The van der Waals surface area contributed by atoms with Crippen molar-refractivity contribution in [1.82, 2.24) is 15.2 Å². The third-order valence-electron chi connectivity index (χ3n) is 4.46. The number of benzene rings is 1. The molecule has 128 valence electrons. The Labute approximate surface area is 144 Å². The van der Waals surface area contributed by atoms with Crippen molar-refractivity contribution in [3.8, 4) is 0 Å². The molecule has 3 N–H and O–H groups in total. The first-order valence-corrected chi connectivity index (χ1v) is 8.43. The minimum absolute atomic E-state index is 0.196. The van der Waals surface area contributed by atoms with Gasteiger partial charge in [0.25, 0.3) is 0 Å². The fraction of sp³-hybridized carbons (Fsp3) is 0.412. The van der Waals surface area contributed by atoms with Gasteiger partial charge in [-0.2, -0.15) is 0 Å². The summed E-state index contributed by atoms with van der Waals surface area (Å²) in [5.74, 6) is -1.29. The van der Waals surface area contributed by atoms with Crippen molar-refractivity contribution in [2.24, 2.45) is 5.92 Å². The lowest BCUT2D eigenvalue weighted by atomic mass is 9.99. The topological polar surface area (TPSA) is 85.4 Å². The van der Waals surface area contributed by atoms with Crippen molar-refractivity contribution in [1.29, 1.82) is 0 Å². The SMILES string of the molecule is O=C(O)C1CCCN(C(=O)NCCc2c[nH]c3ccc(Cl)cc23)C1. The first-order chi connectivity index (χ1) is 11.5. The molecule has 0 bridgehead atoms. The average Bonchev–Trinajstić information content (AvgIpc) is 2.97. The van der Waals surface area contributed by atoms with Gasteiger partial charge in [0.1, 0.15) is 0 Å². The summed E-state index contributed by atoms with van der Waals surface area (Å²) in [5, 5.41) is 13.7. The normalized spacial score (nSPS) is 17.9. The third-order valence-corrected chi connectivity index (χ3v) is 4.69. The number of aliphatic carboxylic acids is 1. The second-order valence-corrected chi connectivity index (χ2v) is 6.55. The number of amides is 2. The van der Waals surface area contributed by atoms with Gasteiger partial charge >= 0.3 is 12.0 Å². The van der Waals surface area contributed by atoms with Gasteiger partial charge in [0.15, 0.2) is 0 Å². The molecule has 1 aliphatic heterocycles. The molecule has 1 fully saturated rings. The standard InChI is InChI=1S/C17H20ClN3O3/c18-13-3-4-15-14(8-13)11(9-20-15)5-6-19-17(24)21-7-1-2-12(10-21)16(22)23/h3-4,8-9,12,20H,1-2,5-7,10H2,(H,19,24)(H,22,23). The molecule has 1 saturated heterocycles. The minimum atomic E-state index is -0.830. The summed E-state index contributed by atoms with van der Waals surface area (Å²) in [6.07, 6.45) is 3.97. The van der Waals surface area contributed by atoms with Gasteiger partial charge in [-0.25, -0.2) is 4.79 Å². The zero-order chi connectivity index (χ0) is 17.1. The predicted molar refractivity (Wildman–Crippen MR) is 92.3 cm³/mol. The molecule has 1 unspecified atom stereocenters. The number of carbonyl (C=O) groups is 2. The van der Waals surface area contributed by atoms with E-state index in [9.17, 15) is 9.59 Å². The minimum Gasteiger partial charge on any atom is -0.481 e. The largest absolute Gasteiger partial charge is 0.481 e. The Balaban J connectivity index is 1.54. The summed E-state index contributed by atoms with van der Waals surface area (Å²) in [6, 6.07) is 5.48. The second-order valence-electron chi connectivity index (χ2n) is 6.11. The number of likely N-dealkylation sites (tertiary alicyclic amines) is 1. The maximum Gasteiger partial charge on any atom is 0.317 e. The van der Waals surface area contributed by atoms with Crippen LogP contribution in [-0.4, -0.2) is 46.6 Å². The van der Waals surface area contributed by atoms with Crippen molar-refractivity contribution in [2.75, 3.05) is 19.6 Å². The number of urea groups is 1. The lowest BCUT2D eigenvalue weighted by molar-refractivity contribution is -0.143. The van der Waals surface area contributed by atoms with E-state index in [1.54, 1.807) is 4.90 Å². The Morgan fingerprint density at radius 2 is 2.25 bits per heavy atom. The van der Waals surface area contributed by atoms with Crippen LogP contribution < -0.4 is 5.32 Å². The first-order valence-electron chi connectivity index (χ1n) is 8.05. The zero-order valence-corrected chi connectivity index (χ0v) is 14.0. The van der Waals surface area contributed by atoms with Crippen LogP contribution in [0.5, 0.6) is 0 Å². The summed E-state index contributed by atoms with van der Waals surface area (Å²) in [7, 11) is 0. The predicted octanol–water partition coefficient (Wildman–Crippen LogP) is 2.87. The van der Waals surface area contributed by atoms with E-state index < -0.39 is 11.9 Å². The number of aromatic amines is 1. The van der Waals surface area contributed by atoms with Crippen LogP contribution in [0.3, 0.4) is 0 Å². The third kappa shape index (κ3) is 3.64. The molecule has 0 saturated carbocycles. The molecule has 2 amide bonds. The molecular formula is C17H20ClN3O3. The highest BCUT2D eigenvalue weighted by Crippen LogP contribution is 2.22. The number of carboxylic acid groups (broad SMARTS) is 1. The summed E-state index contributed by atoms with van der Waals surface area (Å²) in [6.45, 7) is 1.38. The van der Waals surface area contributed by atoms with Gasteiger partial charge in [-0.1, -0.05) is 11.6 Å².